The molecule has 0 radical (unpaired) electrons. The predicted octanol–water partition coefficient (Wildman–Crippen LogP) is 6.65. The van der Waals surface area contributed by atoms with E-state index in [-0.39, 0.29) is 31.9 Å². The van der Waals surface area contributed by atoms with E-state index in [9.17, 15) is 22.4 Å². The van der Waals surface area contributed by atoms with Gasteiger partial charge in [-0.2, -0.15) is 13.2 Å². The molecule has 4 rings (SSSR count). The van der Waals surface area contributed by atoms with E-state index in [0.29, 0.717) is 39.4 Å². The van der Waals surface area contributed by atoms with Crippen LogP contribution in [-0.4, -0.2) is 37.9 Å². The quantitative estimate of drug-likeness (QED) is 0.298. The van der Waals surface area contributed by atoms with Crippen LogP contribution in [0.4, 0.5) is 28.9 Å². The van der Waals surface area contributed by atoms with E-state index in [1.54, 1.807) is 42.5 Å². The molecule has 1 heterocycles. The minimum atomic E-state index is -4.91. The van der Waals surface area contributed by atoms with Crippen LogP contribution in [0.2, 0.25) is 5.02 Å². The Morgan fingerprint density at radius 2 is 1.77 bits per heavy atom. The maximum absolute atomic E-state index is 14.1. The Labute approximate surface area is 229 Å². The van der Waals surface area contributed by atoms with Crippen LogP contribution in [0.3, 0.4) is 0 Å². The van der Waals surface area contributed by atoms with Crippen molar-refractivity contribution in [3.8, 4) is 11.5 Å². The van der Waals surface area contributed by atoms with Gasteiger partial charge in [0, 0.05) is 41.1 Å². The van der Waals surface area contributed by atoms with Gasteiger partial charge in [-0.3, -0.25) is 4.79 Å². The smallest absolute Gasteiger partial charge is 0.419 e. The maximum atomic E-state index is 14.1. The van der Waals surface area contributed by atoms with Crippen molar-refractivity contribution in [3.05, 3.63) is 82.1 Å². The Balaban J connectivity index is 0.00000205. The molecule has 1 atom stereocenters. The average Bonchev–Trinajstić information content (AvgIpc) is 3.33. The zero-order chi connectivity index (χ0) is 28.7. The van der Waals surface area contributed by atoms with Crippen LogP contribution in [0, 0.1) is 5.82 Å². The van der Waals surface area contributed by atoms with Gasteiger partial charge in [-0.05, 0) is 41.8 Å². The standard InChI is InChI=1S/C26H23ClF4N2O4.C2H6/c1-36-19-11-18(12-20(13-19)37-9-8-34)32-24(15-2-4-17(27)5-3-15)25(35)33-7-6-16-10-22(28)21(14-23(16)33)26(29,30)31;1-2/h2-5,10-14,24,32,34H,6-9H2,1H3;1-2H3. The number of anilines is 2. The molecule has 0 fully saturated rings. The fourth-order valence-corrected chi connectivity index (χ4v) is 4.26. The van der Waals surface area contributed by atoms with Crippen molar-refractivity contribution >= 4 is 28.9 Å². The number of methoxy groups -OCH3 is 1. The summed E-state index contributed by atoms with van der Waals surface area (Å²) in [5.74, 6) is -1.13. The number of rotatable bonds is 8. The summed E-state index contributed by atoms with van der Waals surface area (Å²) in [4.78, 5) is 15.0. The van der Waals surface area contributed by atoms with Crippen LogP contribution in [0.5, 0.6) is 11.5 Å². The number of aliphatic hydroxyl groups excluding tert-OH is 1. The lowest BCUT2D eigenvalue weighted by Gasteiger charge is -2.27. The van der Waals surface area contributed by atoms with Gasteiger partial charge in [-0.1, -0.05) is 37.6 Å². The van der Waals surface area contributed by atoms with Gasteiger partial charge < -0.3 is 24.8 Å². The first-order valence-electron chi connectivity index (χ1n) is 12.3. The molecular weight excluding hydrogens is 540 g/mol. The second-order valence-electron chi connectivity index (χ2n) is 8.30. The molecule has 1 unspecified atom stereocenters. The molecule has 0 aliphatic carbocycles. The Morgan fingerprint density at radius 1 is 1.10 bits per heavy atom. The van der Waals surface area contributed by atoms with E-state index >= 15 is 0 Å². The summed E-state index contributed by atoms with van der Waals surface area (Å²) in [5, 5.41) is 12.6. The third-order valence-electron chi connectivity index (χ3n) is 5.87. The summed E-state index contributed by atoms with van der Waals surface area (Å²) in [6.07, 6.45) is -4.70. The molecule has 2 N–H and O–H groups in total. The summed E-state index contributed by atoms with van der Waals surface area (Å²) in [7, 11) is 1.45. The fraction of sp³-hybridized carbons (Fsp3) is 0.321. The Morgan fingerprint density at radius 3 is 2.38 bits per heavy atom. The second-order valence-corrected chi connectivity index (χ2v) is 8.73. The van der Waals surface area contributed by atoms with Crippen molar-refractivity contribution in [3.63, 3.8) is 0 Å². The van der Waals surface area contributed by atoms with E-state index < -0.39 is 29.5 Å². The van der Waals surface area contributed by atoms with Crippen molar-refractivity contribution in [1.29, 1.82) is 0 Å². The number of halogens is 5. The Kier molecular flexibility index (Phi) is 10.0. The van der Waals surface area contributed by atoms with E-state index in [1.165, 1.54) is 12.0 Å². The molecule has 6 nitrogen and oxygen atoms in total. The monoisotopic (exact) mass is 568 g/mol. The number of alkyl halides is 3. The number of nitrogens with zero attached hydrogens (tertiary/aromatic N) is 1. The van der Waals surface area contributed by atoms with Gasteiger partial charge in [0.2, 0.25) is 0 Å². The first-order chi connectivity index (χ1) is 18.6. The van der Waals surface area contributed by atoms with Gasteiger partial charge in [0.1, 0.15) is 30.0 Å². The predicted molar refractivity (Wildman–Crippen MR) is 142 cm³/mol. The number of carbonyl (C=O) groups is 1. The molecule has 3 aromatic rings. The summed E-state index contributed by atoms with van der Waals surface area (Å²) >= 11 is 6.02. The molecular formula is C28H29ClF4N2O4. The van der Waals surface area contributed by atoms with Crippen molar-refractivity contribution in [2.24, 2.45) is 0 Å². The van der Waals surface area contributed by atoms with E-state index in [0.717, 1.165) is 6.07 Å². The lowest BCUT2D eigenvalue weighted by atomic mass is 10.0. The number of hydrogen-bond donors (Lipinski definition) is 2. The highest BCUT2D eigenvalue weighted by molar-refractivity contribution is 6.30. The number of aliphatic hydroxyl groups is 1. The Bertz CT molecular complexity index is 1290. The van der Waals surface area contributed by atoms with E-state index in [2.05, 4.69) is 5.32 Å². The number of carbonyl (C=O) groups excluding carboxylic acids is 1. The third-order valence-corrected chi connectivity index (χ3v) is 6.12. The minimum absolute atomic E-state index is 0.0112. The normalized spacial score (nSPS) is 13.2. The van der Waals surface area contributed by atoms with E-state index in [1.807, 2.05) is 13.8 Å². The number of amides is 1. The van der Waals surface area contributed by atoms with Crippen LogP contribution in [-0.2, 0) is 17.4 Å². The first kappa shape index (κ1) is 30.0. The van der Waals surface area contributed by atoms with Crippen LogP contribution in [0.25, 0.3) is 0 Å². The molecule has 1 aliphatic rings. The Hall–Kier alpha value is -3.50. The van der Waals surface area contributed by atoms with Gasteiger partial charge in [0.25, 0.3) is 5.91 Å². The molecule has 1 aliphatic heterocycles. The number of benzene rings is 3. The van der Waals surface area contributed by atoms with Crippen molar-refractivity contribution in [2.75, 3.05) is 37.1 Å². The minimum Gasteiger partial charge on any atom is -0.497 e. The van der Waals surface area contributed by atoms with Gasteiger partial charge in [0.15, 0.2) is 0 Å². The highest BCUT2D eigenvalue weighted by Crippen LogP contribution is 2.39. The average molecular weight is 569 g/mol. The topological polar surface area (TPSA) is 71.0 Å². The lowest BCUT2D eigenvalue weighted by molar-refractivity contribution is -0.140. The number of fused-ring (bicyclic) bond motifs is 1. The summed E-state index contributed by atoms with van der Waals surface area (Å²) in [6.45, 7) is 3.92. The van der Waals surface area contributed by atoms with Crippen LogP contribution < -0.4 is 19.7 Å². The molecule has 3 aromatic carbocycles. The molecule has 1 amide bonds. The van der Waals surface area contributed by atoms with Crippen molar-refractivity contribution < 1.29 is 36.9 Å². The van der Waals surface area contributed by atoms with Crippen molar-refractivity contribution in [1.82, 2.24) is 0 Å². The van der Waals surface area contributed by atoms with Gasteiger partial charge in [0.05, 0.1) is 19.3 Å². The highest BCUT2D eigenvalue weighted by Gasteiger charge is 2.38. The fourth-order valence-electron chi connectivity index (χ4n) is 4.14. The first-order valence-corrected chi connectivity index (χ1v) is 12.6. The second kappa shape index (κ2) is 13.0. The van der Waals surface area contributed by atoms with Gasteiger partial charge in [-0.25, -0.2) is 4.39 Å². The van der Waals surface area contributed by atoms with Crippen LogP contribution in [0.15, 0.2) is 54.6 Å². The highest BCUT2D eigenvalue weighted by atomic mass is 35.5. The molecule has 0 aromatic heterocycles. The largest absolute Gasteiger partial charge is 0.497 e. The molecule has 0 saturated carbocycles. The number of hydrogen-bond acceptors (Lipinski definition) is 5. The maximum Gasteiger partial charge on any atom is 0.419 e. The van der Waals surface area contributed by atoms with Crippen LogP contribution >= 0.6 is 11.6 Å². The number of ether oxygens (including phenoxy) is 2. The summed E-state index contributed by atoms with van der Waals surface area (Å²) < 4.78 is 65.1. The zero-order valence-corrected chi connectivity index (χ0v) is 22.4. The van der Waals surface area contributed by atoms with Crippen molar-refractivity contribution in [2.45, 2.75) is 32.5 Å². The molecule has 0 saturated heterocycles. The number of nitrogens with one attached hydrogen (secondary N) is 1. The zero-order valence-electron chi connectivity index (χ0n) is 21.6. The molecule has 0 spiro atoms. The summed E-state index contributed by atoms with van der Waals surface area (Å²) in [6, 6.07) is 11.7. The van der Waals surface area contributed by atoms with Gasteiger partial charge in [-0.15, -0.1) is 0 Å². The van der Waals surface area contributed by atoms with E-state index in [4.69, 9.17) is 26.2 Å². The molecule has 210 valence electrons. The van der Waals surface area contributed by atoms with Gasteiger partial charge >= 0.3 is 6.18 Å². The van der Waals surface area contributed by atoms with Crippen LogP contribution in [0.1, 0.15) is 36.6 Å². The SMILES string of the molecule is CC.COc1cc(NC(C(=O)N2CCc3cc(F)c(C(F)(F)F)cc32)c2ccc(Cl)cc2)cc(OCCO)c1. The molecule has 39 heavy (non-hydrogen) atoms. The third kappa shape index (κ3) is 7.13. The summed E-state index contributed by atoms with van der Waals surface area (Å²) in [5.41, 5.74) is -0.177. The molecule has 0 bridgehead atoms. The molecule has 11 heteroatoms. The lowest BCUT2D eigenvalue weighted by Crippen LogP contribution is -2.37.